The second-order valence-electron chi connectivity index (χ2n) is 6.27. The predicted octanol–water partition coefficient (Wildman–Crippen LogP) is 6.93. The highest BCUT2D eigenvalue weighted by molar-refractivity contribution is 6.73. The quantitative estimate of drug-likeness (QED) is 0.235. The highest BCUT2D eigenvalue weighted by Gasteiger charge is 2.27. The molecule has 0 aliphatic carbocycles. The molecule has 0 atom stereocenters. The average molecular weight is 301 g/mol. The molecule has 0 aromatic heterocycles. The molecule has 0 spiro atoms. The molecule has 0 aliphatic heterocycles. The number of hydrogen-bond donors (Lipinski definition) is 0. The molecule has 0 fully saturated rings. The minimum Gasteiger partial charge on any atom is -0.417 e. The van der Waals surface area contributed by atoms with Crippen molar-refractivity contribution in [2.75, 3.05) is 6.61 Å². The van der Waals surface area contributed by atoms with E-state index >= 15 is 0 Å². The third-order valence-corrected chi connectivity index (χ3v) is 9.52. The van der Waals surface area contributed by atoms with Crippen LogP contribution in [0, 0.1) is 0 Å². The van der Waals surface area contributed by atoms with Crippen molar-refractivity contribution in [3.63, 3.8) is 0 Å². The van der Waals surface area contributed by atoms with Crippen molar-refractivity contribution < 1.29 is 4.43 Å². The van der Waals surface area contributed by atoms with Gasteiger partial charge in [-0.2, -0.15) is 0 Å². The molecule has 20 heavy (non-hydrogen) atoms. The van der Waals surface area contributed by atoms with Gasteiger partial charge >= 0.3 is 0 Å². The van der Waals surface area contributed by atoms with Crippen molar-refractivity contribution in [3.05, 3.63) is 0 Å². The number of rotatable bonds is 15. The summed E-state index contributed by atoms with van der Waals surface area (Å²) >= 11 is 0. The van der Waals surface area contributed by atoms with Gasteiger partial charge in [-0.15, -0.1) is 0 Å². The Balaban J connectivity index is 3.32. The summed E-state index contributed by atoms with van der Waals surface area (Å²) in [5.74, 6) is 0. The van der Waals surface area contributed by atoms with Crippen molar-refractivity contribution in [1.82, 2.24) is 0 Å². The van der Waals surface area contributed by atoms with Crippen LogP contribution in [0.2, 0.25) is 18.1 Å². The van der Waals surface area contributed by atoms with E-state index in [4.69, 9.17) is 4.43 Å². The van der Waals surface area contributed by atoms with Crippen LogP contribution in [0.5, 0.6) is 0 Å². The molecule has 0 aromatic carbocycles. The standard InChI is InChI=1S/C18H40OSi/c1-5-9-10-11-12-13-14-15-16-17-18-19-20(6-2,7-3)8-4/h5-18H2,1-4H3. The van der Waals surface area contributed by atoms with Gasteiger partial charge in [0.25, 0.3) is 0 Å². The Labute approximate surface area is 130 Å². The average Bonchev–Trinajstić information content (AvgIpc) is 2.49. The molecule has 0 aromatic rings. The van der Waals surface area contributed by atoms with Gasteiger partial charge in [0.1, 0.15) is 0 Å². The first-order valence-electron chi connectivity index (χ1n) is 9.38. The van der Waals surface area contributed by atoms with Gasteiger partial charge in [-0.3, -0.25) is 0 Å². The van der Waals surface area contributed by atoms with E-state index in [1.165, 1.54) is 82.3 Å². The van der Waals surface area contributed by atoms with E-state index in [2.05, 4.69) is 27.7 Å². The molecule has 1 nitrogen and oxygen atoms in total. The SMILES string of the molecule is CCCCCCCCCCCCO[Si](CC)(CC)CC. The van der Waals surface area contributed by atoms with Crippen molar-refractivity contribution in [2.45, 2.75) is 110 Å². The summed E-state index contributed by atoms with van der Waals surface area (Å²) in [4.78, 5) is 0. The Hall–Kier alpha value is 0.177. The van der Waals surface area contributed by atoms with Crippen molar-refractivity contribution in [2.24, 2.45) is 0 Å². The van der Waals surface area contributed by atoms with E-state index in [9.17, 15) is 0 Å². The molecule has 0 heterocycles. The fraction of sp³-hybridized carbons (Fsp3) is 1.00. The Kier molecular flexibility index (Phi) is 14.3. The van der Waals surface area contributed by atoms with Crippen LogP contribution in [0.1, 0.15) is 91.9 Å². The van der Waals surface area contributed by atoms with Crippen LogP contribution in [-0.2, 0) is 4.43 Å². The minimum atomic E-state index is -1.31. The maximum absolute atomic E-state index is 6.29. The molecule has 0 rings (SSSR count). The zero-order valence-corrected chi connectivity index (χ0v) is 15.8. The predicted molar refractivity (Wildman–Crippen MR) is 95.0 cm³/mol. The second kappa shape index (κ2) is 14.1. The van der Waals surface area contributed by atoms with Crippen molar-refractivity contribution in [3.8, 4) is 0 Å². The van der Waals surface area contributed by atoms with Gasteiger partial charge in [-0.1, -0.05) is 85.5 Å². The zero-order chi connectivity index (χ0) is 15.1. The smallest absolute Gasteiger partial charge is 0.191 e. The summed E-state index contributed by atoms with van der Waals surface area (Å²) < 4.78 is 6.29. The molecule has 0 radical (unpaired) electrons. The van der Waals surface area contributed by atoms with Gasteiger partial charge in [-0.25, -0.2) is 0 Å². The summed E-state index contributed by atoms with van der Waals surface area (Å²) in [6, 6.07) is 3.87. The van der Waals surface area contributed by atoms with Crippen LogP contribution < -0.4 is 0 Å². The summed E-state index contributed by atoms with van der Waals surface area (Å²) in [5, 5.41) is 0. The zero-order valence-electron chi connectivity index (χ0n) is 14.8. The first-order chi connectivity index (χ1) is 9.74. The van der Waals surface area contributed by atoms with Gasteiger partial charge in [0.15, 0.2) is 8.32 Å². The van der Waals surface area contributed by atoms with Crippen molar-refractivity contribution in [1.29, 1.82) is 0 Å². The molecular weight excluding hydrogens is 260 g/mol. The fourth-order valence-electron chi connectivity index (χ4n) is 2.93. The molecule has 0 N–H and O–H groups in total. The van der Waals surface area contributed by atoms with Gasteiger partial charge in [0, 0.05) is 6.61 Å². The lowest BCUT2D eigenvalue weighted by molar-refractivity contribution is 0.287. The fourth-order valence-corrected chi connectivity index (χ4v) is 5.62. The molecule has 2 heteroatoms. The van der Waals surface area contributed by atoms with Crippen LogP contribution in [0.3, 0.4) is 0 Å². The van der Waals surface area contributed by atoms with E-state index in [0.29, 0.717) is 0 Å². The summed E-state index contributed by atoms with van der Waals surface area (Å²) in [6.07, 6.45) is 14.1. The van der Waals surface area contributed by atoms with Crippen molar-refractivity contribution >= 4 is 8.32 Å². The highest BCUT2D eigenvalue weighted by Crippen LogP contribution is 2.22. The summed E-state index contributed by atoms with van der Waals surface area (Å²) in [5.41, 5.74) is 0. The van der Waals surface area contributed by atoms with Gasteiger partial charge in [0.05, 0.1) is 0 Å². The maximum atomic E-state index is 6.29. The first kappa shape index (κ1) is 20.2. The van der Waals surface area contributed by atoms with Crippen LogP contribution >= 0.6 is 0 Å². The van der Waals surface area contributed by atoms with Gasteiger partial charge < -0.3 is 4.43 Å². The van der Waals surface area contributed by atoms with E-state index < -0.39 is 8.32 Å². The Morgan fingerprint density at radius 3 is 1.35 bits per heavy atom. The molecule has 0 bridgehead atoms. The Morgan fingerprint density at radius 1 is 0.550 bits per heavy atom. The van der Waals surface area contributed by atoms with Crippen LogP contribution in [0.25, 0.3) is 0 Å². The third kappa shape index (κ3) is 9.98. The Bertz CT molecular complexity index is 182. The van der Waals surface area contributed by atoms with Gasteiger partial charge in [-0.05, 0) is 24.6 Å². The van der Waals surface area contributed by atoms with E-state index in [1.54, 1.807) is 0 Å². The highest BCUT2D eigenvalue weighted by atomic mass is 28.4. The lowest BCUT2D eigenvalue weighted by Gasteiger charge is -2.27. The molecule has 0 aliphatic rings. The van der Waals surface area contributed by atoms with Crippen LogP contribution in [0.15, 0.2) is 0 Å². The second-order valence-corrected chi connectivity index (χ2v) is 11.1. The summed E-state index contributed by atoms with van der Waals surface area (Å²) in [7, 11) is -1.31. The lowest BCUT2D eigenvalue weighted by Crippen LogP contribution is -2.36. The van der Waals surface area contributed by atoms with E-state index in [-0.39, 0.29) is 0 Å². The molecular formula is C18H40OSi. The first-order valence-corrected chi connectivity index (χ1v) is 11.9. The number of unbranched alkanes of at least 4 members (excludes halogenated alkanes) is 9. The maximum Gasteiger partial charge on any atom is 0.191 e. The molecule has 0 saturated heterocycles. The largest absolute Gasteiger partial charge is 0.417 e. The number of hydrogen-bond acceptors (Lipinski definition) is 1. The van der Waals surface area contributed by atoms with Gasteiger partial charge in [0.2, 0.25) is 0 Å². The molecule has 0 saturated carbocycles. The topological polar surface area (TPSA) is 9.23 Å². The van der Waals surface area contributed by atoms with Crippen LogP contribution in [0.4, 0.5) is 0 Å². The molecule has 0 amide bonds. The monoisotopic (exact) mass is 300 g/mol. The minimum absolute atomic E-state index is 1.03. The van der Waals surface area contributed by atoms with Crippen LogP contribution in [-0.4, -0.2) is 14.9 Å². The third-order valence-electron chi connectivity index (χ3n) is 4.84. The normalized spacial score (nSPS) is 12.0. The molecule has 0 unspecified atom stereocenters. The summed E-state index contributed by atoms with van der Waals surface area (Å²) in [6.45, 7) is 10.3. The van der Waals surface area contributed by atoms with E-state index in [1.807, 2.05) is 0 Å². The van der Waals surface area contributed by atoms with E-state index in [0.717, 1.165) is 6.61 Å². The molecule has 122 valence electrons. The lowest BCUT2D eigenvalue weighted by atomic mass is 10.1. The Morgan fingerprint density at radius 2 is 0.950 bits per heavy atom.